The molecule has 0 fully saturated rings. The van der Waals surface area contributed by atoms with Gasteiger partial charge in [0.2, 0.25) is 11.8 Å². The molecule has 76 heavy (non-hydrogen) atoms. The Labute approximate surface area is 445 Å². The summed E-state index contributed by atoms with van der Waals surface area (Å²) in [6.45, 7) is 8.64. The first-order chi connectivity index (χ1) is 36.7. The summed E-state index contributed by atoms with van der Waals surface area (Å²) in [4.78, 5) is 97.9. The zero-order chi connectivity index (χ0) is 54.4. The third kappa shape index (κ3) is 17.7. The molecule has 21 nitrogen and oxygen atoms in total. The second-order valence-corrected chi connectivity index (χ2v) is 19.6. The van der Waals surface area contributed by atoms with Crippen molar-refractivity contribution < 1.29 is 52.5 Å². The quantitative estimate of drug-likeness (QED) is 0.0211. The molecule has 1 aliphatic heterocycles. The Morgan fingerprint density at radius 2 is 1.43 bits per heavy atom. The summed E-state index contributed by atoms with van der Waals surface area (Å²) < 4.78 is 25.2. The molecule has 408 valence electrons. The molecule has 1 aliphatic rings. The van der Waals surface area contributed by atoms with E-state index < -0.39 is 30.0 Å². The van der Waals surface area contributed by atoms with Crippen molar-refractivity contribution in [3.63, 3.8) is 0 Å². The number of ketones is 1. The van der Waals surface area contributed by atoms with Gasteiger partial charge in [-0.15, -0.1) is 11.3 Å². The largest absolute Gasteiger partial charge is 0.445 e. The number of hydrogen-bond donors (Lipinski definition) is 6. The summed E-state index contributed by atoms with van der Waals surface area (Å²) in [6, 6.07) is 15.1. The minimum absolute atomic E-state index is 0.0179. The van der Waals surface area contributed by atoms with Gasteiger partial charge in [0.15, 0.2) is 5.82 Å². The topological polar surface area (TPSA) is 291 Å². The van der Waals surface area contributed by atoms with E-state index in [4.69, 9.17) is 35.4 Å². The number of anilines is 2. The number of aromatic nitrogens is 3. The van der Waals surface area contributed by atoms with E-state index in [0.717, 1.165) is 62.4 Å². The molecule has 2 aromatic carbocycles. The molecule has 2 atom stereocenters. The maximum absolute atomic E-state index is 13.7. The number of aryl methyl sites for hydroxylation is 1. The van der Waals surface area contributed by atoms with E-state index in [1.54, 1.807) is 35.6 Å². The van der Waals surface area contributed by atoms with Crippen molar-refractivity contribution in [3.05, 3.63) is 94.6 Å². The van der Waals surface area contributed by atoms with E-state index in [9.17, 15) is 33.6 Å². The van der Waals surface area contributed by atoms with Crippen LogP contribution in [0.15, 0.2) is 72.1 Å². The summed E-state index contributed by atoms with van der Waals surface area (Å²) in [5.74, 6) is -0.935. The Morgan fingerprint density at radius 1 is 0.763 bits per heavy atom. The van der Waals surface area contributed by atoms with Gasteiger partial charge >= 0.3 is 12.1 Å². The van der Waals surface area contributed by atoms with Crippen molar-refractivity contribution in [2.24, 2.45) is 17.6 Å². The summed E-state index contributed by atoms with van der Waals surface area (Å²) in [5, 5.41) is 13.0. The highest BCUT2D eigenvalue weighted by Crippen LogP contribution is 2.33. The first kappa shape index (κ1) is 58.0. The van der Waals surface area contributed by atoms with Gasteiger partial charge in [-0.05, 0) is 71.9 Å². The third-order valence-corrected chi connectivity index (χ3v) is 13.6. The van der Waals surface area contributed by atoms with Crippen LogP contribution in [0.5, 0.6) is 0 Å². The lowest BCUT2D eigenvalue weighted by Crippen LogP contribution is -2.47. The minimum Gasteiger partial charge on any atom is -0.445 e. The van der Waals surface area contributed by atoms with E-state index in [0.29, 0.717) is 36.6 Å². The van der Waals surface area contributed by atoms with Crippen LogP contribution in [-0.2, 0) is 69.0 Å². The lowest BCUT2D eigenvalue weighted by molar-refractivity contribution is -0.138. The van der Waals surface area contributed by atoms with E-state index >= 15 is 0 Å². The Balaban J connectivity index is 0.901. The maximum atomic E-state index is 13.7. The predicted molar refractivity (Wildman–Crippen MR) is 288 cm³/mol. The number of hydrogen-bond acceptors (Lipinski definition) is 15. The molecule has 0 spiro atoms. The highest BCUT2D eigenvalue weighted by molar-refractivity contribution is 7.18. The number of imide groups is 1. The van der Waals surface area contributed by atoms with Crippen molar-refractivity contribution in [1.29, 1.82) is 0 Å². The molecule has 0 saturated carbocycles. The molecule has 0 bridgehead atoms. The average Bonchev–Trinajstić information content (AvgIpc) is 4.13. The molecule has 0 unspecified atom stereocenters. The van der Waals surface area contributed by atoms with Gasteiger partial charge in [0.1, 0.15) is 29.8 Å². The van der Waals surface area contributed by atoms with Crippen LogP contribution in [0, 0.1) is 11.8 Å². The third-order valence-electron chi connectivity index (χ3n) is 12.6. The molecular formula is C54H70N10O11S. The number of carbonyl (C=O) groups is 7. The van der Waals surface area contributed by atoms with Crippen LogP contribution in [0.4, 0.5) is 21.1 Å². The van der Waals surface area contributed by atoms with Crippen molar-refractivity contribution in [2.75, 3.05) is 63.8 Å². The number of nitrogens with two attached hydrogens (primary N) is 2. The number of nitrogen functional groups attached to an aromatic ring is 1. The van der Waals surface area contributed by atoms with Crippen LogP contribution in [0.3, 0.4) is 0 Å². The lowest BCUT2D eigenvalue weighted by atomic mass is 9.88. The number of rotatable bonds is 33. The molecule has 7 amide bonds. The second kappa shape index (κ2) is 29.7. The highest BCUT2D eigenvalue weighted by atomic mass is 32.1. The van der Waals surface area contributed by atoms with Crippen LogP contribution in [0.1, 0.15) is 88.2 Å². The molecule has 0 radical (unpaired) electrons. The van der Waals surface area contributed by atoms with E-state index in [1.165, 1.54) is 12.2 Å². The Bertz CT molecular complexity index is 2780. The zero-order valence-electron chi connectivity index (χ0n) is 43.4. The molecule has 8 N–H and O–H groups in total. The predicted octanol–water partition coefficient (Wildman–Crippen LogP) is 5.90. The molecule has 22 heteroatoms. The maximum Gasteiger partial charge on any atom is 0.407 e. The smallest absolute Gasteiger partial charge is 0.407 e. The number of carbonyl (C=O) groups excluding carboxylic acids is 7. The molecule has 4 heterocycles. The van der Waals surface area contributed by atoms with Crippen molar-refractivity contribution >= 4 is 85.6 Å². The summed E-state index contributed by atoms with van der Waals surface area (Å²) in [5.41, 5.74) is 17.3. The Morgan fingerprint density at radius 3 is 2.12 bits per heavy atom. The van der Waals surface area contributed by atoms with Gasteiger partial charge in [-0.3, -0.25) is 28.9 Å². The fraction of sp³-hybridized carbons (Fsp3) is 0.463. The number of urea groups is 1. The standard InChI is InChI=1S/C54H70N10O11S/c1-4-5-8-44-62-47-48(49-42(22-31-76-49)60-50(47)55)64(44)33-37-11-9-36(10-12-37)32-58-54(71)75-34-38-13-15-39(16-14-38)59-52(69)43(7-6-23-57-53(56)70)61-51(68)41(35(2)3)18-17-40(65)21-25-72-27-29-74-30-28-73-26-24-63-45(66)19-20-46(63)67/h9-16,19-20,22,31,35,41,43H,4-8,17-18,21,23-30,32-34H2,1-3H3,(H2,55,60)(H,58,71)(H,59,69)(H,61,68)(H3,56,57,70)/t41-,43-/m0/s1. The molecule has 0 saturated heterocycles. The number of ether oxygens (including phenoxy) is 4. The molecule has 3 aromatic heterocycles. The summed E-state index contributed by atoms with van der Waals surface area (Å²) >= 11 is 1.63. The first-order valence-corrected chi connectivity index (χ1v) is 26.6. The van der Waals surface area contributed by atoms with Gasteiger partial charge in [0.05, 0.1) is 61.9 Å². The van der Waals surface area contributed by atoms with E-state index in [-0.39, 0.29) is 114 Å². The van der Waals surface area contributed by atoms with E-state index in [1.807, 2.05) is 49.6 Å². The van der Waals surface area contributed by atoms with Crippen LogP contribution in [0.2, 0.25) is 0 Å². The second-order valence-electron chi connectivity index (χ2n) is 18.7. The SMILES string of the molecule is CCCCc1nc2c(N)nc3ccsc3c2n1Cc1ccc(CNC(=O)OCc2ccc(NC(=O)[C@H](CCCNC(N)=O)NC(=O)[C@@H](CCC(=O)CCOCCOCCOCCN3C(=O)C=CC3=O)C(C)C)cc2)cc1. The van der Waals surface area contributed by atoms with Crippen molar-refractivity contribution in [1.82, 2.24) is 35.4 Å². The van der Waals surface area contributed by atoms with Gasteiger partial charge < -0.3 is 56.2 Å². The number of alkyl carbamates (subject to hydrolysis) is 1. The number of pyridine rings is 1. The highest BCUT2D eigenvalue weighted by Gasteiger charge is 2.29. The van der Waals surface area contributed by atoms with Crippen LogP contribution >= 0.6 is 11.3 Å². The molecule has 5 aromatic rings. The number of benzene rings is 2. The summed E-state index contributed by atoms with van der Waals surface area (Å²) in [6.07, 6.45) is 5.83. The minimum atomic E-state index is -0.969. The van der Waals surface area contributed by atoms with Crippen LogP contribution < -0.4 is 32.7 Å². The fourth-order valence-electron chi connectivity index (χ4n) is 8.40. The fourth-order valence-corrected chi connectivity index (χ4v) is 9.28. The van der Waals surface area contributed by atoms with Gasteiger partial charge in [-0.25, -0.2) is 19.6 Å². The monoisotopic (exact) mass is 1070 g/mol. The first-order valence-electron chi connectivity index (χ1n) is 25.7. The van der Waals surface area contributed by atoms with Gasteiger partial charge in [-0.2, -0.15) is 0 Å². The Kier molecular flexibility index (Phi) is 22.7. The number of nitrogens with one attached hydrogen (secondary N) is 4. The number of primary amides is 1. The number of imidazole rings is 1. The lowest BCUT2D eigenvalue weighted by Gasteiger charge is -2.24. The molecular weight excluding hydrogens is 997 g/mol. The number of fused-ring (bicyclic) bond motifs is 3. The van der Waals surface area contributed by atoms with Crippen molar-refractivity contribution in [3.8, 4) is 0 Å². The number of unbranched alkanes of at least 4 members (excludes halogenated alkanes) is 1. The summed E-state index contributed by atoms with van der Waals surface area (Å²) in [7, 11) is 0. The average molecular weight is 1070 g/mol. The van der Waals surface area contributed by atoms with Gasteiger partial charge in [-0.1, -0.05) is 63.6 Å². The number of thiophene rings is 1. The number of Topliss-reactive ketones (excluding diaryl/α,β-unsaturated/α-hetero) is 1. The van der Waals surface area contributed by atoms with Crippen LogP contribution in [0.25, 0.3) is 21.3 Å². The van der Waals surface area contributed by atoms with Gasteiger partial charge in [0.25, 0.3) is 11.8 Å². The van der Waals surface area contributed by atoms with Crippen LogP contribution in [-0.4, -0.2) is 120 Å². The normalized spacial score (nSPS) is 13.1. The Hall–Kier alpha value is -7.27. The number of amides is 7. The zero-order valence-corrected chi connectivity index (χ0v) is 44.3. The number of nitrogens with zero attached hydrogens (tertiary/aromatic N) is 4. The van der Waals surface area contributed by atoms with E-state index in [2.05, 4.69) is 37.7 Å². The molecule has 0 aliphatic carbocycles. The van der Waals surface area contributed by atoms with Gasteiger partial charge in [0, 0.05) is 62.7 Å². The molecule has 6 rings (SSSR count). The van der Waals surface area contributed by atoms with Crippen molar-refractivity contribution in [2.45, 2.75) is 97.9 Å².